The number of ether oxygens (including phenoxy) is 1. The molecule has 7 heteroatoms. The monoisotopic (exact) mass is 421 g/mol. The van der Waals surface area contributed by atoms with Crippen LogP contribution in [0.1, 0.15) is 17.5 Å². The summed E-state index contributed by atoms with van der Waals surface area (Å²) >= 11 is 1.55. The highest BCUT2D eigenvalue weighted by molar-refractivity contribution is 7.98. The quantitative estimate of drug-likeness (QED) is 0.466. The van der Waals surface area contributed by atoms with Crippen molar-refractivity contribution >= 4 is 22.7 Å². The second-order valence-corrected chi connectivity index (χ2v) is 8.38. The molecule has 0 bridgehead atoms. The number of benzene rings is 2. The van der Waals surface area contributed by atoms with Crippen LogP contribution in [0, 0.1) is 11.3 Å². The highest BCUT2D eigenvalue weighted by Crippen LogP contribution is 2.22. The van der Waals surface area contributed by atoms with Gasteiger partial charge in [-0.15, -0.1) is 0 Å². The molecule has 3 aromatic rings. The fraction of sp³-hybridized carbons (Fsp3) is 0.348. The lowest BCUT2D eigenvalue weighted by Crippen LogP contribution is -3.14. The second kappa shape index (κ2) is 9.90. The van der Waals surface area contributed by atoms with Gasteiger partial charge in [0.25, 0.3) is 5.56 Å². The van der Waals surface area contributed by atoms with E-state index in [-0.39, 0.29) is 5.56 Å². The molecule has 30 heavy (non-hydrogen) atoms. The molecule has 0 spiro atoms. The zero-order valence-corrected chi connectivity index (χ0v) is 17.7. The molecule has 1 saturated heterocycles. The average Bonchev–Trinajstić information content (AvgIpc) is 2.80. The summed E-state index contributed by atoms with van der Waals surface area (Å²) in [5.74, 6) is 0.662. The van der Waals surface area contributed by atoms with E-state index < -0.39 is 0 Å². The number of hydrogen-bond donors (Lipinski definition) is 1. The standard InChI is InChI=1S/C23H24N4O2S/c24-16-18-5-3-6-19(15-18)17-30-23-25-21-8-2-1-7-20(21)22(28)27(23)10-4-9-26-11-13-29-14-12-26/h1-3,5-8,15H,4,9-14,17H2/p+1. The van der Waals surface area contributed by atoms with Crippen molar-refractivity contribution in [3.63, 3.8) is 0 Å². The van der Waals surface area contributed by atoms with Gasteiger partial charge >= 0.3 is 0 Å². The van der Waals surface area contributed by atoms with Crippen molar-refractivity contribution in [2.45, 2.75) is 23.9 Å². The van der Waals surface area contributed by atoms with E-state index in [2.05, 4.69) is 6.07 Å². The predicted molar refractivity (Wildman–Crippen MR) is 118 cm³/mol. The number of aromatic nitrogens is 2. The van der Waals surface area contributed by atoms with Gasteiger partial charge in [0.2, 0.25) is 0 Å². The summed E-state index contributed by atoms with van der Waals surface area (Å²) in [5, 5.41) is 10.5. The maximum absolute atomic E-state index is 13.2. The molecule has 1 aliphatic heterocycles. The Kier molecular flexibility index (Phi) is 6.80. The van der Waals surface area contributed by atoms with E-state index >= 15 is 0 Å². The third kappa shape index (κ3) is 4.90. The van der Waals surface area contributed by atoms with Gasteiger partial charge in [-0.05, 0) is 29.8 Å². The molecule has 0 aliphatic carbocycles. The largest absolute Gasteiger partial charge is 0.370 e. The SMILES string of the molecule is N#Cc1cccc(CSc2nc3ccccc3c(=O)n2CCC[NH+]2CCOCC2)c1. The average molecular weight is 422 g/mol. The minimum atomic E-state index is 0.0193. The van der Waals surface area contributed by atoms with Crippen molar-refractivity contribution in [1.29, 1.82) is 5.26 Å². The number of rotatable bonds is 7. The molecule has 0 unspecified atom stereocenters. The lowest BCUT2D eigenvalue weighted by Gasteiger charge is -2.24. The number of nitrogens with one attached hydrogen (secondary N) is 1. The molecule has 1 aromatic heterocycles. The molecule has 0 saturated carbocycles. The number of nitriles is 1. The van der Waals surface area contributed by atoms with Crippen LogP contribution >= 0.6 is 11.8 Å². The highest BCUT2D eigenvalue weighted by atomic mass is 32.2. The van der Waals surface area contributed by atoms with E-state index in [1.54, 1.807) is 17.8 Å². The maximum Gasteiger partial charge on any atom is 0.262 e. The lowest BCUT2D eigenvalue weighted by atomic mass is 10.2. The van der Waals surface area contributed by atoms with Gasteiger partial charge in [0, 0.05) is 18.7 Å². The Morgan fingerprint density at radius 3 is 2.83 bits per heavy atom. The number of fused-ring (bicyclic) bond motifs is 1. The molecule has 0 atom stereocenters. The first kappa shape index (κ1) is 20.6. The van der Waals surface area contributed by atoms with Crippen LogP contribution in [-0.4, -0.2) is 42.4 Å². The van der Waals surface area contributed by atoms with Crippen molar-refractivity contribution in [3.05, 3.63) is 70.0 Å². The number of para-hydroxylation sites is 1. The number of thioether (sulfide) groups is 1. The van der Waals surface area contributed by atoms with Gasteiger partial charge in [0.05, 0.1) is 42.3 Å². The number of nitrogens with zero attached hydrogens (tertiary/aromatic N) is 3. The summed E-state index contributed by atoms with van der Waals surface area (Å²) in [7, 11) is 0. The van der Waals surface area contributed by atoms with Crippen LogP contribution < -0.4 is 10.5 Å². The van der Waals surface area contributed by atoms with Crippen LogP contribution in [0.15, 0.2) is 58.5 Å². The summed E-state index contributed by atoms with van der Waals surface area (Å²) in [6.07, 6.45) is 0.923. The minimum absolute atomic E-state index is 0.0193. The number of hydrogen-bond acceptors (Lipinski definition) is 5. The molecule has 0 radical (unpaired) electrons. The Labute approximate surface area is 180 Å². The zero-order chi connectivity index (χ0) is 20.8. The Bertz CT molecular complexity index is 1120. The molecule has 1 fully saturated rings. The topological polar surface area (TPSA) is 72.3 Å². The smallest absolute Gasteiger partial charge is 0.262 e. The van der Waals surface area contributed by atoms with Gasteiger partial charge in [0.1, 0.15) is 13.1 Å². The third-order valence-electron chi connectivity index (χ3n) is 5.36. The Balaban J connectivity index is 1.55. The van der Waals surface area contributed by atoms with Gasteiger partial charge in [-0.2, -0.15) is 5.26 Å². The van der Waals surface area contributed by atoms with Crippen LogP contribution in [0.5, 0.6) is 0 Å². The van der Waals surface area contributed by atoms with E-state index in [9.17, 15) is 4.79 Å². The molecule has 6 nitrogen and oxygen atoms in total. The normalized spacial score (nSPS) is 14.6. The lowest BCUT2D eigenvalue weighted by molar-refractivity contribution is -0.908. The highest BCUT2D eigenvalue weighted by Gasteiger charge is 2.15. The van der Waals surface area contributed by atoms with Crippen molar-refractivity contribution < 1.29 is 9.64 Å². The molecule has 154 valence electrons. The van der Waals surface area contributed by atoms with Gasteiger partial charge in [0.15, 0.2) is 5.16 Å². The molecule has 1 N–H and O–H groups in total. The Hall–Kier alpha value is -2.66. The molecule has 2 heterocycles. The second-order valence-electron chi connectivity index (χ2n) is 7.44. The zero-order valence-electron chi connectivity index (χ0n) is 16.8. The predicted octanol–water partition coefficient (Wildman–Crippen LogP) is 1.87. The van der Waals surface area contributed by atoms with Gasteiger partial charge < -0.3 is 9.64 Å². The van der Waals surface area contributed by atoms with Crippen LogP contribution in [0.25, 0.3) is 10.9 Å². The van der Waals surface area contributed by atoms with Crippen molar-refractivity contribution in [1.82, 2.24) is 9.55 Å². The molecule has 4 rings (SSSR count). The first-order valence-electron chi connectivity index (χ1n) is 10.3. The van der Waals surface area contributed by atoms with E-state index in [1.807, 2.05) is 47.0 Å². The summed E-state index contributed by atoms with van der Waals surface area (Å²) in [6, 6.07) is 17.3. The summed E-state index contributed by atoms with van der Waals surface area (Å²) in [4.78, 5) is 19.5. The van der Waals surface area contributed by atoms with Crippen molar-refractivity contribution in [2.24, 2.45) is 0 Å². The van der Waals surface area contributed by atoms with Gasteiger partial charge in [-0.1, -0.05) is 36.0 Å². The first-order valence-corrected chi connectivity index (χ1v) is 11.3. The first-order chi connectivity index (χ1) is 14.7. The van der Waals surface area contributed by atoms with Crippen molar-refractivity contribution in [2.75, 3.05) is 32.8 Å². The van der Waals surface area contributed by atoms with E-state index in [0.717, 1.165) is 55.5 Å². The van der Waals surface area contributed by atoms with Crippen LogP contribution in [0.2, 0.25) is 0 Å². The summed E-state index contributed by atoms with van der Waals surface area (Å²) in [5.41, 5.74) is 2.44. The fourth-order valence-corrected chi connectivity index (χ4v) is 4.70. The maximum atomic E-state index is 13.2. The van der Waals surface area contributed by atoms with Crippen LogP contribution in [-0.2, 0) is 17.0 Å². The van der Waals surface area contributed by atoms with E-state index in [4.69, 9.17) is 15.0 Å². The molecular weight excluding hydrogens is 396 g/mol. The molecule has 0 amide bonds. The summed E-state index contributed by atoms with van der Waals surface area (Å²) in [6.45, 7) is 5.37. The molecular formula is C23H25N4O2S+. The van der Waals surface area contributed by atoms with E-state index in [0.29, 0.717) is 23.2 Å². The van der Waals surface area contributed by atoms with Gasteiger partial charge in [-0.25, -0.2) is 4.98 Å². The molecule has 1 aliphatic rings. The Morgan fingerprint density at radius 1 is 1.17 bits per heavy atom. The van der Waals surface area contributed by atoms with Crippen LogP contribution in [0.3, 0.4) is 0 Å². The minimum Gasteiger partial charge on any atom is -0.370 e. The van der Waals surface area contributed by atoms with Crippen LogP contribution in [0.4, 0.5) is 0 Å². The van der Waals surface area contributed by atoms with E-state index in [1.165, 1.54) is 4.90 Å². The number of morpholine rings is 1. The van der Waals surface area contributed by atoms with Crippen molar-refractivity contribution in [3.8, 4) is 6.07 Å². The summed E-state index contributed by atoms with van der Waals surface area (Å²) < 4.78 is 7.25. The molecule has 2 aromatic carbocycles. The fourth-order valence-electron chi connectivity index (χ4n) is 3.73. The third-order valence-corrected chi connectivity index (χ3v) is 6.41. The van der Waals surface area contributed by atoms with Gasteiger partial charge in [-0.3, -0.25) is 9.36 Å². The Morgan fingerprint density at radius 2 is 2.00 bits per heavy atom. The number of quaternary nitrogens is 1.